The molecule has 0 aromatic carbocycles. The van der Waals surface area contributed by atoms with Crippen molar-refractivity contribution >= 4 is 38.8 Å². The Hall–Kier alpha value is -1.10. The third-order valence-electron chi connectivity index (χ3n) is 1.63. The maximum Gasteiger partial charge on any atom is 0.328 e. The molecule has 0 atom stereocenters. The third kappa shape index (κ3) is 4.73. The first-order valence-corrected chi connectivity index (χ1v) is 7.57. The average Bonchev–Trinajstić information content (AvgIpc) is 2.81. The fourth-order valence-electron chi connectivity index (χ4n) is 0.896. The molecular weight excluding hydrogens is 284 g/mol. The minimum atomic E-state index is -3.76. The van der Waals surface area contributed by atoms with Gasteiger partial charge in [0.25, 0.3) is 0 Å². The summed E-state index contributed by atoms with van der Waals surface area (Å²) in [5.74, 6) is 0.00544. The summed E-state index contributed by atoms with van der Waals surface area (Å²) in [6, 6.07) is 5.16. The summed E-state index contributed by atoms with van der Waals surface area (Å²) in [6.07, 6.45) is 0.278. The standard InChI is InChI=1S/C9H9ClN2O3S2/c10-4-2-6-17(13,14)15-12-8(7-11)9-3-1-5-16-9/h1,3,5H,2,4,6H2. The highest BCUT2D eigenvalue weighted by Crippen LogP contribution is 2.10. The van der Waals surface area contributed by atoms with E-state index < -0.39 is 10.1 Å². The lowest BCUT2D eigenvalue weighted by Gasteiger charge is -1.99. The molecule has 1 heterocycles. The smallest absolute Gasteiger partial charge is 0.267 e. The van der Waals surface area contributed by atoms with E-state index in [1.165, 1.54) is 11.3 Å². The van der Waals surface area contributed by atoms with Gasteiger partial charge in [0.15, 0.2) is 5.71 Å². The molecule has 0 fully saturated rings. The second-order valence-corrected chi connectivity index (χ2v) is 5.91. The average molecular weight is 293 g/mol. The molecule has 17 heavy (non-hydrogen) atoms. The second kappa shape index (κ2) is 6.59. The fourth-order valence-corrected chi connectivity index (χ4v) is 2.60. The molecule has 0 radical (unpaired) electrons. The van der Waals surface area contributed by atoms with Gasteiger partial charge >= 0.3 is 10.1 Å². The van der Waals surface area contributed by atoms with E-state index in [-0.39, 0.29) is 23.8 Å². The van der Waals surface area contributed by atoms with Crippen LogP contribution in [-0.4, -0.2) is 25.8 Å². The minimum Gasteiger partial charge on any atom is -0.267 e. The molecule has 92 valence electrons. The van der Waals surface area contributed by atoms with Crippen molar-refractivity contribution in [3.05, 3.63) is 22.4 Å². The van der Waals surface area contributed by atoms with E-state index in [0.717, 1.165) is 0 Å². The van der Waals surface area contributed by atoms with Gasteiger partial charge in [0.2, 0.25) is 0 Å². The minimum absolute atomic E-state index is 0.0607. The largest absolute Gasteiger partial charge is 0.328 e. The van der Waals surface area contributed by atoms with Gasteiger partial charge in [-0.3, -0.25) is 4.28 Å². The Bertz CT molecular complexity index is 517. The Morgan fingerprint density at radius 3 is 2.94 bits per heavy atom. The number of rotatable bonds is 6. The Morgan fingerprint density at radius 1 is 1.65 bits per heavy atom. The highest BCUT2D eigenvalue weighted by molar-refractivity contribution is 7.86. The number of alkyl halides is 1. The first-order valence-electron chi connectivity index (χ1n) is 4.58. The van der Waals surface area contributed by atoms with Gasteiger partial charge in [-0.05, 0) is 17.9 Å². The van der Waals surface area contributed by atoms with Crippen LogP contribution in [0.2, 0.25) is 0 Å². The van der Waals surface area contributed by atoms with Gasteiger partial charge in [-0.25, -0.2) is 0 Å². The second-order valence-electron chi connectivity index (χ2n) is 2.91. The number of nitriles is 1. The molecule has 1 rings (SSSR count). The lowest BCUT2D eigenvalue weighted by Crippen LogP contribution is -2.09. The molecule has 0 amide bonds. The Balaban J connectivity index is 2.73. The van der Waals surface area contributed by atoms with Crippen LogP contribution in [0.3, 0.4) is 0 Å². The van der Waals surface area contributed by atoms with Crippen LogP contribution >= 0.6 is 22.9 Å². The summed E-state index contributed by atoms with van der Waals surface area (Å²) in [5.41, 5.74) is -0.0607. The molecule has 0 saturated carbocycles. The summed E-state index contributed by atoms with van der Waals surface area (Å²) in [6.45, 7) is 0. The summed E-state index contributed by atoms with van der Waals surface area (Å²) in [4.78, 5) is 0.556. The van der Waals surface area contributed by atoms with Crippen LogP contribution in [0.15, 0.2) is 22.7 Å². The number of thiophene rings is 1. The van der Waals surface area contributed by atoms with Gasteiger partial charge in [0.1, 0.15) is 6.07 Å². The molecule has 1 aromatic rings. The summed E-state index contributed by atoms with van der Waals surface area (Å²) in [5, 5.41) is 13.9. The van der Waals surface area contributed by atoms with Crippen LogP contribution in [0.5, 0.6) is 0 Å². The number of hydrogen-bond donors (Lipinski definition) is 0. The maximum atomic E-state index is 11.3. The van der Waals surface area contributed by atoms with Crippen molar-refractivity contribution in [1.29, 1.82) is 5.26 Å². The monoisotopic (exact) mass is 292 g/mol. The Kier molecular flexibility index (Phi) is 5.41. The zero-order valence-electron chi connectivity index (χ0n) is 8.67. The topological polar surface area (TPSA) is 79.5 Å². The van der Waals surface area contributed by atoms with E-state index in [1.54, 1.807) is 23.6 Å². The van der Waals surface area contributed by atoms with Gasteiger partial charge in [0.05, 0.1) is 10.6 Å². The lowest BCUT2D eigenvalue weighted by atomic mass is 10.3. The third-order valence-corrected chi connectivity index (χ3v) is 3.86. The zero-order valence-corrected chi connectivity index (χ0v) is 11.1. The van der Waals surface area contributed by atoms with Crippen LogP contribution in [0.4, 0.5) is 0 Å². The summed E-state index contributed by atoms with van der Waals surface area (Å²) < 4.78 is 27.0. The molecule has 0 aliphatic rings. The molecule has 5 nitrogen and oxygen atoms in total. The number of oxime groups is 1. The van der Waals surface area contributed by atoms with E-state index in [1.807, 2.05) is 0 Å². The van der Waals surface area contributed by atoms with Gasteiger partial charge in [-0.15, -0.1) is 22.9 Å². The van der Waals surface area contributed by atoms with Gasteiger partial charge in [-0.1, -0.05) is 11.2 Å². The molecule has 0 unspecified atom stereocenters. The molecule has 0 bridgehead atoms. The highest BCUT2D eigenvalue weighted by Gasteiger charge is 2.12. The molecule has 0 spiro atoms. The molecule has 1 aromatic heterocycles. The summed E-state index contributed by atoms with van der Waals surface area (Å²) >= 11 is 6.65. The van der Waals surface area contributed by atoms with Crippen molar-refractivity contribution in [3.63, 3.8) is 0 Å². The normalized spacial score (nSPS) is 12.1. The SMILES string of the molecule is N#CC(=NOS(=O)(=O)CCCCl)c1cccs1. The van der Waals surface area contributed by atoms with Crippen LogP contribution in [0.25, 0.3) is 0 Å². The van der Waals surface area contributed by atoms with Crippen molar-refractivity contribution < 1.29 is 12.7 Å². The lowest BCUT2D eigenvalue weighted by molar-refractivity contribution is 0.339. The molecule has 8 heteroatoms. The Labute approximate surface area is 108 Å². The Morgan fingerprint density at radius 2 is 2.41 bits per heavy atom. The van der Waals surface area contributed by atoms with E-state index >= 15 is 0 Å². The quantitative estimate of drug-likeness (QED) is 0.456. The maximum absolute atomic E-state index is 11.3. The highest BCUT2D eigenvalue weighted by atomic mass is 35.5. The molecule has 0 aliphatic heterocycles. The van der Waals surface area contributed by atoms with Crippen LogP contribution < -0.4 is 0 Å². The van der Waals surface area contributed by atoms with Crippen molar-refractivity contribution in [3.8, 4) is 6.07 Å². The van der Waals surface area contributed by atoms with E-state index in [0.29, 0.717) is 4.88 Å². The predicted octanol–water partition coefficient (Wildman–Crippen LogP) is 1.95. The van der Waals surface area contributed by atoms with E-state index in [2.05, 4.69) is 9.44 Å². The van der Waals surface area contributed by atoms with Gasteiger partial charge in [-0.2, -0.15) is 13.7 Å². The number of hydrogen-bond acceptors (Lipinski definition) is 6. The zero-order chi connectivity index (χ0) is 12.7. The predicted molar refractivity (Wildman–Crippen MR) is 66.7 cm³/mol. The van der Waals surface area contributed by atoms with Crippen molar-refractivity contribution in [1.82, 2.24) is 0 Å². The van der Waals surface area contributed by atoms with E-state index in [4.69, 9.17) is 16.9 Å². The first-order chi connectivity index (χ1) is 8.09. The molecule has 0 aliphatic carbocycles. The van der Waals surface area contributed by atoms with Gasteiger partial charge < -0.3 is 0 Å². The summed E-state index contributed by atoms with van der Waals surface area (Å²) in [7, 11) is -3.76. The number of halogens is 1. The molecule has 0 N–H and O–H groups in total. The van der Waals surface area contributed by atoms with Crippen molar-refractivity contribution in [2.75, 3.05) is 11.6 Å². The van der Waals surface area contributed by atoms with Crippen molar-refractivity contribution in [2.45, 2.75) is 6.42 Å². The van der Waals surface area contributed by atoms with Crippen molar-refractivity contribution in [2.24, 2.45) is 5.16 Å². The van der Waals surface area contributed by atoms with Gasteiger partial charge in [0, 0.05) is 5.88 Å². The van der Waals surface area contributed by atoms with Crippen LogP contribution in [-0.2, 0) is 14.4 Å². The fraction of sp³-hybridized carbons (Fsp3) is 0.333. The first kappa shape index (κ1) is 14.0. The molecular formula is C9H9ClN2O3S2. The molecule has 0 saturated heterocycles. The van der Waals surface area contributed by atoms with Crippen LogP contribution in [0.1, 0.15) is 11.3 Å². The van der Waals surface area contributed by atoms with E-state index in [9.17, 15) is 8.42 Å². The van der Waals surface area contributed by atoms with Crippen LogP contribution in [0, 0.1) is 11.3 Å². The number of nitrogens with zero attached hydrogens (tertiary/aromatic N) is 2.